The summed E-state index contributed by atoms with van der Waals surface area (Å²) < 4.78 is 5.77. The van der Waals surface area contributed by atoms with E-state index >= 15 is 0 Å². The van der Waals surface area contributed by atoms with Gasteiger partial charge in [0.2, 0.25) is 0 Å². The molecule has 0 fully saturated rings. The third-order valence-corrected chi connectivity index (χ3v) is 3.62. The third kappa shape index (κ3) is 5.95. The van der Waals surface area contributed by atoms with E-state index in [-0.39, 0.29) is 5.91 Å². The van der Waals surface area contributed by atoms with E-state index in [2.05, 4.69) is 38.8 Å². The molecule has 0 saturated heterocycles. The van der Waals surface area contributed by atoms with E-state index in [4.69, 9.17) is 4.74 Å². The van der Waals surface area contributed by atoms with Crippen LogP contribution >= 0.6 is 28.6 Å². The minimum Gasteiger partial charge on any atom is -0.383 e. The monoisotopic (exact) mass is 346 g/mol. The number of methoxy groups -OCH3 is 1. The minimum absolute atomic E-state index is 0.0945. The van der Waals surface area contributed by atoms with Crippen molar-refractivity contribution in [1.82, 2.24) is 10.2 Å². The van der Waals surface area contributed by atoms with Gasteiger partial charge in [-0.15, -0.1) is 12.6 Å². The van der Waals surface area contributed by atoms with Crippen molar-refractivity contribution in [1.29, 1.82) is 0 Å². The molecule has 0 spiro atoms. The van der Waals surface area contributed by atoms with Crippen LogP contribution in [0, 0.1) is 0 Å². The number of nitrogens with zero attached hydrogens (tertiary/aromatic N) is 1. The largest absolute Gasteiger partial charge is 0.383 e. The quantitative estimate of drug-likeness (QED) is 0.742. The normalized spacial score (nSPS) is 10.8. The molecular weight excluding hydrogens is 328 g/mol. The van der Waals surface area contributed by atoms with Crippen molar-refractivity contribution in [2.24, 2.45) is 0 Å². The Labute approximate surface area is 128 Å². The van der Waals surface area contributed by atoms with Crippen molar-refractivity contribution < 1.29 is 9.53 Å². The summed E-state index contributed by atoms with van der Waals surface area (Å²) in [7, 11) is 3.67. The van der Waals surface area contributed by atoms with Gasteiger partial charge in [0.15, 0.2) is 0 Å². The molecule has 19 heavy (non-hydrogen) atoms. The number of carbonyl (C=O) groups is 1. The SMILES string of the molecule is COCCN(C)CCNC(=O)c1cc(S)ccc1Br. The maximum atomic E-state index is 12.0. The van der Waals surface area contributed by atoms with Gasteiger partial charge in [0.25, 0.3) is 5.91 Å². The van der Waals surface area contributed by atoms with Crippen molar-refractivity contribution in [2.75, 3.05) is 40.4 Å². The highest BCUT2D eigenvalue weighted by Crippen LogP contribution is 2.19. The van der Waals surface area contributed by atoms with Gasteiger partial charge in [-0.2, -0.15) is 0 Å². The van der Waals surface area contributed by atoms with Gasteiger partial charge < -0.3 is 15.0 Å². The van der Waals surface area contributed by atoms with Crippen LogP contribution in [0.2, 0.25) is 0 Å². The van der Waals surface area contributed by atoms with E-state index in [0.717, 1.165) is 22.5 Å². The van der Waals surface area contributed by atoms with E-state index in [1.165, 1.54) is 0 Å². The van der Waals surface area contributed by atoms with Crippen LogP contribution in [0.4, 0.5) is 0 Å². The standard InChI is InChI=1S/C13H19BrN2O2S/c1-16(7-8-18-2)6-5-15-13(17)11-9-10(19)3-4-12(11)14/h3-4,9,19H,5-8H2,1-2H3,(H,15,17). The average Bonchev–Trinajstić information content (AvgIpc) is 2.39. The molecule has 1 aromatic carbocycles. The summed E-state index contributed by atoms with van der Waals surface area (Å²) in [5, 5.41) is 2.89. The average molecular weight is 347 g/mol. The van der Waals surface area contributed by atoms with Gasteiger partial charge in [-0.1, -0.05) is 0 Å². The second-order valence-electron chi connectivity index (χ2n) is 4.22. The topological polar surface area (TPSA) is 41.6 Å². The van der Waals surface area contributed by atoms with Gasteiger partial charge in [0, 0.05) is 36.1 Å². The third-order valence-electron chi connectivity index (χ3n) is 2.65. The van der Waals surface area contributed by atoms with Crippen molar-refractivity contribution >= 4 is 34.5 Å². The van der Waals surface area contributed by atoms with Crippen LogP contribution in [-0.4, -0.2) is 51.2 Å². The Morgan fingerprint density at radius 2 is 2.21 bits per heavy atom. The molecular formula is C13H19BrN2O2S. The number of thiol groups is 1. The van der Waals surface area contributed by atoms with Gasteiger partial charge in [0.1, 0.15) is 0 Å². The molecule has 106 valence electrons. The van der Waals surface area contributed by atoms with Gasteiger partial charge in [-0.05, 0) is 41.2 Å². The lowest BCUT2D eigenvalue weighted by Crippen LogP contribution is -2.34. The van der Waals surface area contributed by atoms with Crippen molar-refractivity contribution in [2.45, 2.75) is 4.90 Å². The van der Waals surface area contributed by atoms with Crippen LogP contribution in [0.5, 0.6) is 0 Å². The summed E-state index contributed by atoms with van der Waals surface area (Å²) in [6.07, 6.45) is 0. The fraction of sp³-hybridized carbons (Fsp3) is 0.462. The number of amides is 1. The molecule has 1 amide bonds. The lowest BCUT2D eigenvalue weighted by molar-refractivity contribution is 0.0946. The minimum atomic E-state index is -0.0945. The Bertz CT molecular complexity index is 429. The van der Waals surface area contributed by atoms with E-state index in [0.29, 0.717) is 18.7 Å². The number of rotatable bonds is 7. The molecule has 0 radical (unpaired) electrons. The second-order valence-corrected chi connectivity index (χ2v) is 5.59. The highest BCUT2D eigenvalue weighted by molar-refractivity contribution is 9.10. The van der Waals surface area contributed by atoms with Crippen LogP contribution in [0.25, 0.3) is 0 Å². The summed E-state index contributed by atoms with van der Waals surface area (Å²) in [6.45, 7) is 2.93. The fourth-order valence-electron chi connectivity index (χ4n) is 1.50. The zero-order chi connectivity index (χ0) is 14.3. The number of hydrogen-bond donors (Lipinski definition) is 2. The smallest absolute Gasteiger partial charge is 0.252 e. The maximum Gasteiger partial charge on any atom is 0.252 e. The Morgan fingerprint density at radius 1 is 1.47 bits per heavy atom. The Morgan fingerprint density at radius 3 is 2.89 bits per heavy atom. The number of carbonyl (C=O) groups excluding carboxylic acids is 1. The highest BCUT2D eigenvalue weighted by Gasteiger charge is 2.10. The second kappa shape index (κ2) is 8.58. The summed E-state index contributed by atoms with van der Waals surface area (Å²) in [5.74, 6) is -0.0945. The Hall–Kier alpha value is -0.560. The van der Waals surface area contributed by atoms with Gasteiger partial charge in [-0.3, -0.25) is 4.79 Å². The molecule has 0 unspecified atom stereocenters. The molecule has 0 heterocycles. The Kier molecular flexibility index (Phi) is 7.45. The number of hydrogen-bond acceptors (Lipinski definition) is 4. The molecule has 0 aliphatic heterocycles. The first-order chi connectivity index (χ1) is 9.04. The summed E-state index contributed by atoms with van der Waals surface area (Å²) in [5.41, 5.74) is 0.604. The van der Waals surface area contributed by atoms with Gasteiger partial charge in [0.05, 0.1) is 12.2 Å². The van der Waals surface area contributed by atoms with Crippen molar-refractivity contribution in [3.8, 4) is 0 Å². The van der Waals surface area contributed by atoms with Crippen LogP contribution < -0.4 is 5.32 Å². The molecule has 4 nitrogen and oxygen atoms in total. The molecule has 1 aromatic rings. The lowest BCUT2D eigenvalue weighted by Gasteiger charge is -2.16. The van der Waals surface area contributed by atoms with Crippen LogP contribution in [0.1, 0.15) is 10.4 Å². The molecule has 0 aliphatic carbocycles. The van der Waals surface area contributed by atoms with Gasteiger partial charge in [-0.25, -0.2) is 0 Å². The first kappa shape index (κ1) is 16.5. The predicted octanol–water partition coefficient (Wildman–Crippen LogP) is 2.05. The van der Waals surface area contributed by atoms with Gasteiger partial charge >= 0.3 is 0 Å². The van der Waals surface area contributed by atoms with E-state index in [1.54, 1.807) is 13.2 Å². The summed E-state index contributed by atoms with van der Waals surface area (Å²) in [6, 6.07) is 5.40. The number of halogens is 1. The first-order valence-corrected chi connectivity index (χ1v) is 7.23. The predicted molar refractivity (Wildman–Crippen MR) is 83.1 cm³/mol. The summed E-state index contributed by atoms with van der Waals surface area (Å²) >= 11 is 7.60. The molecule has 0 atom stereocenters. The maximum absolute atomic E-state index is 12.0. The fourth-order valence-corrected chi connectivity index (χ4v) is 2.13. The molecule has 0 aliphatic rings. The molecule has 1 rings (SSSR count). The molecule has 0 saturated carbocycles. The summed E-state index contributed by atoms with van der Waals surface area (Å²) in [4.78, 5) is 14.9. The number of ether oxygens (including phenoxy) is 1. The Balaban J connectivity index is 2.41. The number of benzene rings is 1. The van der Waals surface area contributed by atoms with E-state index < -0.39 is 0 Å². The van der Waals surface area contributed by atoms with Crippen molar-refractivity contribution in [3.63, 3.8) is 0 Å². The van der Waals surface area contributed by atoms with E-state index in [1.807, 2.05) is 19.2 Å². The zero-order valence-electron chi connectivity index (χ0n) is 11.1. The molecule has 0 aromatic heterocycles. The number of nitrogens with one attached hydrogen (secondary N) is 1. The molecule has 0 bridgehead atoms. The lowest BCUT2D eigenvalue weighted by atomic mass is 10.2. The molecule has 6 heteroatoms. The number of likely N-dealkylation sites (N-methyl/N-ethyl adjacent to an activating group) is 1. The first-order valence-electron chi connectivity index (χ1n) is 5.98. The van der Waals surface area contributed by atoms with E-state index in [9.17, 15) is 4.79 Å². The highest BCUT2D eigenvalue weighted by atomic mass is 79.9. The zero-order valence-corrected chi connectivity index (χ0v) is 13.6. The van der Waals surface area contributed by atoms with Crippen molar-refractivity contribution in [3.05, 3.63) is 28.2 Å². The molecule has 1 N–H and O–H groups in total. The van der Waals surface area contributed by atoms with Crippen LogP contribution in [-0.2, 0) is 4.74 Å². The van der Waals surface area contributed by atoms with Crippen LogP contribution in [0.3, 0.4) is 0 Å². The van der Waals surface area contributed by atoms with Crippen LogP contribution in [0.15, 0.2) is 27.6 Å².